The number of nitrogens with zero attached hydrogens (tertiary/aromatic N) is 2. The van der Waals surface area contributed by atoms with E-state index in [1.54, 1.807) is 16.7 Å². The van der Waals surface area contributed by atoms with Crippen LogP contribution in [0.4, 0.5) is 4.79 Å². The molecule has 0 spiro atoms. The van der Waals surface area contributed by atoms with Gasteiger partial charge in [-0.25, -0.2) is 9.59 Å². The fourth-order valence-corrected chi connectivity index (χ4v) is 5.04. The molecule has 3 N–H and O–H groups in total. The Kier molecular flexibility index (Phi) is 5.42. The van der Waals surface area contributed by atoms with E-state index in [9.17, 15) is 9.59 Å². The molecule has 2 amide bonds. The van der Waals surface area contributed by atoms with Gasteiger partial charge in [-0.05, 0) is 71.5 Å². The highest BCUT2D eigenvalue weighted by Gasteiger charge is 2.33. The molecule has 2 unspecified atom stereocenters. The number of carbonyl (C=O) groups is 1. The van der Waals surface area contributed by atoms with Crippen LogP contribution in [0, 0.1) is 3.57 Å². The number of aromatic nitrogens is 2. The lowest BCUT2D eigenvalue weighted by Crippen LogP contribution is -2.45. The van der Waals surface area contributed by atoms with E-state index in [0.717, 1.165) is 25.1 Å². The molecule has 8 heteroatoms. The maximum absolute atomic E-state index is 12.8. The van der Waals surface area contributed by atoms with Crippen LogP contribution in [0.5, 0.6) is 0 Å². The summed E-state index contributed by atoms with van der Waals surface area (Å²) in [6.07, 6.45) is 3.35. The first-order chi connectivity index (χ1) is 13.5. The van der Waals surface area contributed by atoms with E-state index in [1.807, 2.05) is 53.3 Å². The van der Waals surface area contributed by atoms with Gasteiger partial charge in [-0.1, -0.05) is 18.2 Å². The van der Waals surface area contributed by atoms with Crippen molar-refractivity contribution in [1.82, 2.24) is 14.5 Å². The van der Waals surface area contributed by atoms with Gasteiger partial charge in [0, 0.05) is 21.1 Å². The lowest BCUT2D eigenvalue weighted by atomic mass is 9.91. The van der Waals surface area contributed by atoms with Gasteiger partial charge in [0.1, 0.15) is 0 Å². The summed E-state index contributed by atoms with van der Waals surface area (Å²) < 4.78 is 2.99. The zero-order chi connectivity index (χ0) is 19.8. The van der Waals surface area contributed by atoms with E-state index in [4.69, 9.17) is 5.73 Å². The van der Waals surface area contributed by atoms with Crippen molar-refractivity contribution in [3.05, 3.63) is 62.1 Å². The number of aromatic amines is 1. The van der Waals surface area contributed by atoms with Crippen molar-refractivity contribution in [2.45, 2.75) is 29.8 Å². The van der Waals surface area contributed by atoms with Gasteiger partial charge < -0.3 is 15.6 Å². The summed E-state index contributed by atoms with van der Waals surface area (Å²) >= 11 is 3.88. The molecule has 1 saturated heterocycles. The predicted octanol–water partition coefficient (Wildman–Crippen LogP) is 4.11. The molecule has 1 fully saturated rings. The monoisotopic (exact) mass is 508 g/mol. The molecule has 1 aliphatic rings. The van der Waals surface area contributed by atoms with Crippen LogP contribution in [-0.4, -0.2) is 33.3 Å². The van der Waals surface area contributed by atoms with Gasteiger partial charge in [0.25, 0.3) is 0 Å². The van der Waals surface area contributed by atoms with Crippen LogP contribution in [0.15, 0.2) is 52.2 Å². The number of H-pyrrole nitrogens is 1. The third-order valence-corrected chi connectivity index (χ3v) is 6.91. The normalized spacial score (nSPS) is 19.9. The van der Waals surface area contributed by atoms with Crippen molar-refractivity contribution in [2.75, 3.05) is 12.8 Å². The maximum atomic E-state index is 12.8. The zero-order valence-electron chi connectivity index (χ0n) is 15.4. The average molecular weight is 508 g/mol. The Balaban J connectivity index is 1.75. The summed E-state index contributed by atoms with van der Waals surface area (Å²) in [6, 6.07) is 13.5. The van der Waals surface area contributed by atoms with E-state index >= 15 is 0 Å². The molecule has 1 aromatic heterocycles. The second-order valence-electron chi connectivity index (χ2n) is 6.93. The van der Waals surface area contributed by atoms with E-state index in [0.29, 0.717) is 19.4 Å². The van der Waals surface area contributed by atoms with Crippen molar-refractivity contribution < 1.29 is 4.79 Å². The molecule has 2 atom stereocenters. The number of fused-ring (bicyclic) bond motifs is 1. The molecule has 0 radical (unpaired) electrons. The Morgan fingerprint density at radius 3 is 2.68 bits per heavy atom. The molecule has 3 aromatic rings. The van der Waals surface area contributed by atoms with Gasteiger partial charge in [-0.2, -0.15) is 0 Å². The molecule has 4 rings (SSSR count). The van der Waals surface area contributed by atoms with Crippen molar-refractivity contribution in [1.29, 1.82) is 0 Å². The highest BCUT2D eigenvalue weighted by atomic mass is 127. The summed E-state index contributed by atoms with van der Waals surface area (Å²) in [5.41, 5.74) is 8.39. The topological polar surface area (TPSA) is 84.1 Å². The number of hydrogen-bond acceptors (Lipinski definition) is 3. The molecular formula is C20H21IN4O2S. The first kappa shape index (κ1) is 19.4. The van der Waals surface area contributed by atoms with Crippen LogP contribution >= 0.6 is 34.4 Å². The summed E-state index contributed by atoms with van der Waals surface area (Å²) in [7, 11) is 0. The number of rotatable bonds is 3. The number of likely N-dealkylation sites (tertiary alicyclic amines) is 1. The van der Waals surface area contributed by atoms with Crippen LogP contribution in [0.2, 0.25) is 0 Å². The van der Waals surface area contributed by atoms with Crippen LogP contribution in [0.3, 0.4) is 0 Å². The SMILES string of the molecule is CSc1cccc2c1[nH]c(=O)n2C1CCN(C(N)=O)C(c2ccc(I)cc2)C1. The molecule has 146 valence electrons. The average Bonchev–Trinajstić information content (AvgIpc) is 3.03. The molecule has 0 aliphatic carbocycles. The number of benzene rings is 2. The molecule has 28 heavy (non-hydrogen) atoms. The van der Waals surface area contributed by atoms with Crippen molar-refractivity contribution in [3.8, 4) is 0 Å². The Hall–Kier alpha value is -1.94. The first-order valence-corrected chi connectivity index (χ1v) is 11.4. The van der Waals surface area contributed by atoms with Gasteiger partial charge in [0.2, 0.25) is 0 Å². The Morgan fingerprint density at radius 2 is 2.00 bits per heavy atom. The van der Waals surface area contributed by atoms with Crippen molar-refractivity contribution >= 4 is 51.4 Å². The fourth-order valence-electron chi connectivity index (χ4n) is 4.10. The third-order valence-electron chi connectivity index (χ3n) is 5.41. The van der Waals surface area contributed by atoms with Crippen molar-refractivity contribution in [2.24, 2.45) is 5.73 Å². The second-order valence-corrected chi connectivity index (χ2v) is 9.03. The first-order valence-electron chi connectivity index (χ1n) is 9.08. The lowest BCUT2D eigenvalue weighted by molar-refractivity contribution is 0.136. The Bertz CT molecular complexity index is 1080. The van der Waals surface area contributed by atoms with E-state index < -0.39 is 6.03 Å². The van der Waals surface area contributed by atoms with Gasteiger partial charge in [0.15, 0.2) is 0 Å². The number of para-hydroxylation sites is 1. The number of nitrogens with one attached hydrogen (secondary N) is 1. The number of nitrogens with two attached hydrogens (primary N) is 1. The number of primary amides is 1. The van der Waals surface area contributed by atoms with Crippen LogP contribution in [0.25, 0.3) is 11.0 Å². The minimum absolute atomic E-state index is 0.00164. The number of carbonyl (C=O) groups excluding carboxylic acids is 1. The number of imidazole rings is 1. The smallest absolute Gasteiger partial charge is 0.326 e. The third kappa shape index (κ3) is 3.43. The molecule has 2 heterocycles. The quantitative estimate of drug-likeness (QED) is 0.413. The number of thioether (sulfide) groups is 1. The van der Waals surface area contributed by atoms with Crippen molar-refractivity contribution in [3.63, 3.8) is 0 Å². The molecule has 6 nitrogen and oxygen atoms in total. The summed E-state index contributed by atoms with van der Waals surface area (Å²) in [6.45, 7) is 0.526. The number of amides is 2. The highest BCUT2D eigenvalue weighted by molar-refractivity contribution is 14.1. The maximum Gasteiger partial charge on any atom is 0.326 e. The summed E-state index contributed by atoms with van der Waals surface area (Å²) in [5, 5.41) is 0. The molecule has 1 aliphatic heterocycles. The highest BCUT2D eigenvalue weighted by Crippen LogP contribution is 2.38. The molecular weight excluding hydrogens is 487 g/mol. The van der Waals surface area contributed by atoms with Crippen LogP contribution < -0.4 is 11.4 Å². The Morgan fingerprint density at radius 1 is 1.25 bits per heavy atom. The van der Waals surface area contributed by atoms with Crippen LogP contribution in [-0.2, 0) is 0 Å². The minimum atomic E-state index is -0.419. The number of piperidine rings is 1. The van der Waals surface area contributed by atoms with Crippen LogP contribution in [0.1, 0.15) is 30.5 Å². The molecule has 0 bridgehead atoms. The van der Waals surface area contributed by atoms with Gasteiger partial charge in [-0.3, -0.25) is 4.57 Å². The second kappa shape index (κ2) is 7.82. The minimum Gasteiger partial charge on any atom is -0.351 e. The van der Waals surface area contributed by atoms with E-state index in [-0.39, 0.29) is 17.8 Å². The van der Waals surface area contributed by atoms with Gasteiger partial charge >= 0.3 is 11.7 Å². The lowest BCUT2D eigenvalue weighted by Gasteiger charge is -2.39. The number of urea groups is 1. The predicted molar refractivity (Wildman–Crippen MR) is 121 cm³/mol. The molecule has 0 saturated carbocycles. The zero-order valence-corrected chi connectivity index (χ0v) is 18.4. The number of halogens is 1. The summed E-state index contributed by atoms with van der Waals surface area (Å²) in [4.78, 5) is 30.6. The largest absolute Gasteiger partial charge is 0.351 e. The van der Waals surface area contributed by atoms with Gasteiger partial charge in [0.05, 0.1) is 17.1 Å². The van der Waals surface area contributed by atoms with Gasteiger partial charge in [-0.15, -0.1) is 11.8 Å². The van der Waals surface area contributed by atoms with E-state index in [1.165, 1.54) is 0 Å². The standard InChI is InChI=1S/C20H21IN4O2S/c1-28-17-4-2-3-15-18(17)23-20(27)25(15)14-9-10-24(19(22)26)16(11-14)12-5-7-13(21)8-6-12/h2-8,14,16H,9-11H2,1H3,(H2,22,26)(H,23,27). The number of hydrogen-bond donors (Lipinski definition) is 2. The molecule has 2 aromatic carbocycles. The Labute approximate surface area is 180 Å². The summed E-state index contributed by atoms with van der Waals surface area (Å²) in [5.74, 6) is 0. The fraction of sp³-hybridized carbons (Fsp3) is 0.300. The van der Waals surface area contributed by atoms with E-state index in [2.05, 4.69) is 27.6 Å².